The van der Waals surface area contributed by atoms with Crippen LogP contribution in [0.2, 0.25) is 0 Å². The second-order valence-electron chi connectivity index (χ2n) is 7.97. The number of piperazine rings is 1. The zero-order valence-electron chi connectivity index (χ0n) is 16.9. The lowest BCUT2D eigenvalue weighted by molar-refractivity contribution is 0.109. The zero-order valence-corrected chi connectivity index (χ0v) is 17.7. The predicted octanol–water partition coefficient (Wildman–Crippen LogP) is 2.25. The van der Waals surface area contributed by atoms with Crippen LogP contribution in [0.1, 0.15) is 23.7 Å². The minimum absolute atomic E-state index is 0.527. The topological polar surface area (TPSA) is 64.1 Å². The maximum Gasteiger partial charge on any atom is 0.232 e. The van der Waals surface area contributed by atoms with Crippen molar-refractivity contribution in [1.29, 1.82) is 0 Å². The molecule has 7 heteroatoms. The van der Waals surface area contributed by atoms with Crippen LogP contribution in [-0.4, -0.2) is 63.9 Å². The number of anilines is 2. The van der Waals surface area contributed by atoms with E-state index in [1.165, 1.54) is 16.2 Å². The number of aryl methyl sites for hydroxylation is 1. The van der Waals surface area contributed by atoms with Crippen molar-refractivity contribution in [3.63, 3.8) is 0 Å². The number of aliphatic hydroxyl groups excluding tert-OH is 1. The van der Waals surface area contributed by atoms with E-state index in [0.717, 1.165) is 55.8 Å². The van der Waals surface area contributed by atoms with Gasteiger partial charge >= 0.3 is 0 Å². The van der Waals surface area contributed by atoms with Crippen molar-refractivity contribution in [3.8, 4) is 0 Å². The molecule has 2 aliphatic rings. The molecular weight excluding hydrogens is 386 g/mol. The van der Waals surface area contributed by atoms with Gasteiger partial charge in [-0.25, -0.2) is 8.42 Å². The molecule has 6 nitrogen and oxygen atoms in total. The van der Waals surface area contributed by atoms with E-state index in [1.54, 1.807) is 0 Å². The fourth-order valence-corrected chi connectivity index (χ4v) is 5.31. The average molecular weight is 416 g/mol. The summed E-state index contributed by atoms with van der Waals surface area (Å²) in [5.41, 5.74) is 3.88. The van der Waals surface area contributed by atoms with E-state index in [0.29, 0.717) is 13.1 Å². The lowest BCUT2D eigenvalue weighted by Crippen LogP contribution is -2.47. The molecule has 0 aromatic heterocycles. The van der Waals surface area contributed by atoms with Gasteiger partial charge in [0.2, 0.25) is 10.0 Å². The highest BCUT2D eigenvalue weighted by atomic mass is 32.2. The first-order valence-corrected chi connectivity index (χ1v) is 12.1. The Labute approximate surface area is 173 Å². The molecule has 4 rings (SSSR count). The van der Waals surface area contributed by atoms with Gasteiger partial charge in [0, 0.05) is 45.0 Å². The van der Waals surface area contributed by atoms with Crippen LogP contribution in [0.15, 0.2) is 48.5 Å². The van der Waals surface area contributed by atoms with E-state index < -0.39 is 16.1 Å². The van der Waals surface area contributed by atoms with Gasteiger partial charge < -0.3 is 10.0 Å². The van der Waals surface area contributed by atoms with E-state index in [2.05, 4.69) is 34.1 Å². The number of hydrogen-bond acceptors (Lipinski definition) is 5. The van der Waals surface area contributed by atoms with Gasteiger partial charge in [-0.2, -0.15) is 0 Å². The smallest absolute Gasteiger partial charge is 0.232 e. The van der Waals surface area contributed by atoms with Crippen LogP contribution < -0.4 is 9.21 Å². The van der Waals surface area contributed by atoms with Gasteiger partial charge in [-0.3, -0.25) is 9.21 Å². The Hall–Kier alpha value is -2.09. The Bertz CT molecular complexity index is 941. The molecule has 0 amide bonds. The molecule has 1 saturated heterocycles. The van der Waals surface area contributed by atoms with Crippen molar-refractivity contribution in [2.45, 2.75) is 18.9 Å². The lowest BCUT2D eigenvalue weighted by atomic mass is 9.98. The second-order valence-corrected chi connectivity index (χ2v) is 9.87. The van der Waals surface area contributed by atoms with Crippen LogP contribution >= 0.6 is 0 Å². The van der Waals surface area contributed by atoms with E-state index >= 15 is 0 Å². The van der Waals surface area contributed by atoms with Crippen LogP contribution in [0.5, 0.6) is 0 Å². The summed E-state index contributed by atoms with van der Waals surface area (Å²) in [5, 5.41) is 10.8. The first-order valence-electron chi connectivity index (χ1n) is 10.2. The number of rotatable bonds is 5. The minimum Gasteiger partial charge on any atom is -0.387 e. The SMILES string of the molecule is CS(=O)(=O)N1CCCc2cc([C@H](O)CN3CCN(c4ccccc4)CC3)ccc21. The lowest BCUT2D eigenvalue weighted by Gasteiger charge is -2.37. The summed E-state index contributed by atoms with van der Waals surface area (Å²) < 4.78 is 25.5. The van der Waals surface area contributed by atoms with Gasteiger partial charge in [0.05, 0.1) is 18.0 Å². The Morgan fingerprint density at radius 2 is 1.72 bits per heavy atom. The summed E-state index contributed by atoms with van der Waals surface area (Å²) in [5.74, 6) is 0. The molecule has 156 valence electrons. The van der Waals surface area contributed by atoms with Crippen LogP contribution in [0, 0.1) is 0 Å². The van der Waals surface area contributed by atoms with Crippen LogP contribution in [0.3, 0.4) is 0 Å². The summed E-state index contributed by atoms with van der Waals surface area (Å²) >= 11 is 0. The van der Waals surface area contributed by atoms with Gasteiger partial charge in [0.25, 0.3) is 0 Å². The molecule has 2 aromatic carbocycles. The molecule has 0 radical (unpaired) electrons. The Kier molecular flexibility index (Phi) is 5.81. The third-order valence-corrected chi connectivity index (χ3v) is 7.07. The first kappa shape index (κ1) is 20.2. The number of aliphatic hydroxyl groups is 1. The Morgan fingerprint density at radius 1 is 1.00 bits per heavy atom. The first-order chi connectivity index (χ1) is 13.9. The van der Waals surface area contributed by atoms with Crippen LogP contribution in [-0.2, 0) is 16.4 Å². The standard InChI is InChI=1S/C22H29N3O3S/c1-29(27,28)25-11-5-6-18-16-19(9-10-21(18)25)22(26)17-23-12-14-24(15-13-23)20-7-3-2-4-8-20/h2-4,7-10,16,22,26H,5-6,11-15,17H2,1H3/t22-/m1/s1. The minimum atomic E-state index is -3.27. The van der Waals surface area contributed by atoms with E-state index in [9.17, 15) is 13.5 Å². The third-order valence-electron chi connectivity index (χ3n) is 5.89. The van der Waals surface area contributed by atoms with Gasteiger partial charge in [-0.05, 0) is 42.2 Å². The highest BCUT2D eigenvalue weighted by molar-refractivity contribution is 7.92. The monoisotopic (exact) mass is 415 g/mol. The molecule has 2 aromatic rings. The summed E-state index contributed by atoms with van der Waals surface area (Å²) in [6.45, 7) is 4.85. The number of sulfonamides is 1. The fourth-order valence-electron chi connectivity index (χ4n) is 4.31. The normalized spacial score (nSPS) is 19.1. The largest absolute Gasteiger partial charge is 0.387 e. The van der Waals surface area contributed by atoms with Crippen molar-refractivity contribution < 1.29 is 13.5 Å². The number of benzene rings is 2. The zero-order chi connectivity index (χ0) is 20.4. The molecule has 0 aliphatic carbocycles. The van der Waals surface area contributed by atoms with Crippen molar-refractivity contribution in [1.82, 2.24) is 4.90 Å². The van der Waals surface area contributed by atoms with E-state index in [4.69, 9.17) is 0 Å². The molecule has 0 bridgehead atoms. The van der Waals surface area contributed by atoms with Crippen LogP contribution in [0.25, 0.3) is 0 Å². The summed E-state index contributed by atoms with van der Waals surface area (Å²) in [6.07, 6.45) is 2.33. The predicted molar refractivity (Wildman–Crippen MR) is 117 cm³/mol. The number of nitrogens with zero attached hydrogens (tertiary/aromatic N) is 3. The van der Waals surface area contributed by atoms with Crippen molar-refractivity contribution >= 4 is 21.4 Å². The van der Waals surface area contributed by atoms with Gasteiger partial charge in [0.15, 0.2) is 0 Å². The molecule has 1 atom stereocenters. The molecule has 1 fully saturated rings. The molecule has 0 spiro atoms. The highest BCUT2D eigenvalue weighted by Gasteiger charge is 2.25. The maximum atomic E-state index is 12.0. The number of fused-ring (bicyclic) bond motifs is 1. The van der Waals surface area contributed by atoms with Gasteiger partial charge in [-0.15, -0.1) is 0 Å². The summed E-state index contributed by atoms with van der Waals surface area (Å²) in [7, 11) is -3.27. The van der Waals surface area contributed by atoms with Crippen molar-refractivity contribution in [2.75, 3.05) is 54.7 Å². The average Bonchev–Trinajstić information content (AvgIpc) is 2.73. The molecule has 0 saturated carbocycles. The van der Waals surface area contributed by atoms with Crippen LogP contribution in [0.4, 0.5) is 11.4 Å². The molecule has 29 heavy (non-hydrogen) atoms. The fraction of sp³-hybridized carbons (Fsp3) is 0.455. The Balaban J connectivity index is 1.39. The number of hydrogen-bond donors (Lipinski definition) is 1. The molecular formula is C22H29N3O3S. The van der Waals surface area contributed by atoms with E-state index in [-0.39, 0.29) is 0 Å². The van der Waals surface area contributed by atoms with Crippen molar-refractivity contribution in [3.05, 3.63) is 59.7 Å². The Morgan fingerprint density at radius 3 is 2.41 bits per heavy atom. The number of β-amino-alcohol motifs (C(OH)–C–C–N with tert-alkyl or cyclic N) is 1. The van der Waals surface area contributed by atoms with E-state index in [1.807, 2.05) is 24.3 Å². The molecule has 2 aliphatic heterocycles. The second kappa shape index (κ2) is 8.34. The summed E-state index contributed by atoms with van der Waals surface area (Å²) in [4.78, 5) is 4.67. The molecule has 0 unspecified atom stereocenters. The van der Waals surface area contributed by atoms with Gasteiger partial charge in [0.1, 0.15) is 0 Å². The number of para-hydroxylation sites is 1. The maximum absolute atomic E-state index is 12.0. The highest BCUT2D eigenvalue weighted by Crippen LogP contribution is 2.31. The van der Waals surface area contributed by atoms with Gasteiger partial charge in [-0.1, -0.05) is 30.3 Å². The quantitative estimate of drug-likeness (QED) is 0.812. The van der Waals surface area contributed by atoms with Crippen molar-refractivity contribution in [2.24, 2.45) is 0 Å². The molecule has 1 N–H and O–H groups in total. The molecule has 2 heterocycles. The third kappa shape index (κ3) is 4.57. The summed E-state index contributed by atoms with van der Waals surface area (Å²) in [6, 6.07) is 16.1.